The van der Waals surface area contributed by atoms with Crippen LogP contribution in [-0.2, 0) is 11.3 Å². The molecule has 174 valence electrons. The van der Waals surface area contributed by atoms with Crippen LogP contribution < -0.4 is 10.1 Å². The van der Waals surface area contributed by atoms with Gasteiger partial charge in [0.25, 0.3) is 5.91 Å². The molecule has 1 aliphatic carbocycles. The zero-order chi connectivity index (χ0) is 22.9. The fraction of sp³-hybridized carbons (Fsp3) is 0.458. The molecule has 0 spiro atoms. The lowest BCUT2D eigenvalue weighted by Crippen LogP contribution is -2.44. The standard InChI is InChI=1S/C24H26ClN3O5/c25-16-3-1-14(2-4-16)10-27-23(30)21-9-22(20(11-26-21)19-7-15(19)12-29)33-18-5-6-28-17(8-18)13-32-24(28)31/h1-4,9,11,15,17-19,29H,5-8,10,12-13H2,(H,27,30)/t15?,17-,18-,19?/m0/s1. The summed E-state index contributed by atoms with van der Waals surface area (Å²) in [6.07, 6.45) is 3.61. The third-order valence-electron chi connectivity index (χ3n) is 6.65. The molecule has 3 heterocycles. The molecule has 2 unspecified atom stereocenters. The van der Waals surface area contributed by atoms with Crippen molar-refractivity contribution in [3.8, 4) is 5.75 Å². The van der Waals surface area contributed by atoms with Crippen LogP contribution in [0.2, 0.25) is 5.02 Å². The van der Waals surface area contributed by atoms with Crippen LogP contribution in [0.25, 0.3) is 0 Å². The predicted octanol–water partition coefficient (Wildman–Crippen LogP) is 3.12. The number of rotatable bonds is 7. The summed E-state index contributed by atoms with van der Waals surface area (Å²) in [4.78, 5) is 30.7. The van der Waals surface area contributed by atoms with Gasteiger partial charge in [0.05, 0.1) is 6.04 Å². The Kier molecular flexibility index (Phi) is 6.12. The number of aromatic nitrogens is 1. The lowest BCUT2D eigenvalue weighted by molar-refractivity contribution is 0.0906. The Balaban J connectivity index is 1.30. The first-order valence-corrected chi connectivity index (χ1v) is 11.6. The summed E-state index contributed by atoms with van der Waals surface area (Å²) < 4.78 is 11.5. The molecule has 1 aromatic carbocycles. The van der Waals surface area contributed by atoms with Crippen LogP contribution in [0, 0.1) is 5.92 Å². The van der Waals surface area contributed by atoms with E-state index >= 15 is 0 Å². The molecular weight excluding hydrogens is 446 g/mol. The third-order valence-corrected chi connectivity index (χ3v) is 6.90. The Morgan fingerprint density at radius 3 is 2.88 bits per heavy atom. The van der Waals surface area contributed by atoms with Gasteiger partial charge in [0, 0.05) is 55.4 Å². The Labute approximate surface area is 196 Å². The number of hydrogen-bond donors (Lipinski definition) is 2. The van der Waals surface area contributed by atoms with Crippen molar-refractivity contribution >= 4 is 23.6 Å². The number of aliphatic hydroxyl groups excluding tert-OH is 1. The molecule has 1 saturated carbocycles. The van der Waals surface area contributed by atoms with Crippen molar-refractivity contribution in [3.63, 3.8) is 0 Å². The molecule has 5 rings (SSSR count). The first-order valence-electron chi connectivity index (χ1n) is 11.3. The Bertz CT molecular complexity index is 1050. The van der Waals surface area contributed by atoms with Crippen LogP contribution in [0.1, 0.15) is 46.8 Å². The summed E-state index contributed by atoms with van der Waals surface area (Å²) in [5.74, 6) is 0.716. The average molecular weight is 472 g/mol. The van der Waals surface area contributed by atoms with Crippen molar-refractivity contribution in [1.82, 2.24) is 15.2 Å². The highest BCUT2D eigenvalue weighted by Crippen LogP contribution is 2.50. The van der Waals surface area contributed by atoms with E-state index in [-0.39, 0.29) is 48.3 Å². The summed E-state index contributed by atoms with van der Waals surface area (Å²) in [6, 6.07) is 9.00. The van der Waals surface area contributed by atoms with Crippen LogP contribution >= 0.6 is 11.6 Å². The third kappa shape index (κ3) is 4.77. The molecule has 4 atom stereocenters. The second kappa shape index (κ2) is 9.19. The van der Waals surface area contributed by atoms with Crippen LogP contribution in [0.3, 0.4) is 0 Å². The summed E-state index contributed by atoms with van der Waals surface area (Å²) in [5.41, 5.74) is 2.13. The number of nitrogens with zero attached hydrogens (tertiary/aromatic N) is 2. The van der Waals surface area contributed by atoms with E-state index in [1.165, 1.54) is 0 Å². The maximum atomic E-state index is 12.8. The van der Waals surface area contributed by atoms with Crippen molar-refractivity contribution in [3.05, 3.63) is 58.4 Å². The number of piperidine rings is 1. The molecule has 8 nitrogen and oxygen atoms in total. The quantitative estimate of drug-likeness (QED) is 0.643. The van der Waals surface area contributed by atoms with E-state index in [1.807, 2.05) is 12.1 Å². The summed E-state index contributed by atoms with van der Waals surface area (Å²) in [5, 5.41) is 13.1. The van der Waals surface area contributed by atoms with Gasteiger partial charge < -0.3 is 24.8 Å². The lowest BCUT2D eigenvalue weighted by Gasteiger charge is -2.33. The fourth-order valence-corrected chi connectivity index (χ4v) is 4.73. The Morgan fingerprint density at radius 1 is 1.30 bits per heavy atom. The highest BCUT2D eigenvalue weighted by atomic mass is 35.5. The first-order chi connectivity index (χ1) is 16.0. The van der Waals surface area contributed by atoms with Gasteiger partial charge in [0.15, 0.2) is 0 Å². The number of hydrogen-bond acceptors (Lipinski definition) is 6. The van der Waals surface area contributed by atoms with Crippen molar-refractivity contribution < 1.29 is 24.2 Å². The monoisotopic (exact) mass is 471 g/mol. The molecule has 2 N–H and O–H groups in total. The van der Waals surface area contributed by atoms with Gasteiger partial charge in [-0.1, -0.05) is 23.7 Å². The van der Waals surface area contributed by atoms with Gasteiger partial charge >= 0.3 is 6.09 Å². The zero-order valence-corrected chi connectivity index (χ0v) is 18.8. The van der Waals surface area contributed by atoms with Crippen molar-refractivity contribution in [1.29, 1.82) is 0 Å². The van der Waals surface area contributed by atoms with E-state index in [0.717, 1.165) is 17.5 Å². The highest BCUT2D eigenvalue weighted by molar-refractivity contribution is 6.30. The number of benzene rings is 1. The number of aliphatic hydroxyl groups is 1. The van der Waals surface area contributed by atoms with E-state index < -0.39 is 0 Å². The number of pyridine rings is 1. The fourth-order valence-electron chi connectivity index (χ4n) is 4.61. The normalized spacial score (nSPS) is 25.9. The maximum absolute atomic E-state index is 12.8. The topological polar surface area (TPSA) is 101 Å². The predicted molar refractivity (Wildman–Crippen MR) is 120 cm³/mol. The van der Waals surface area contributed by atoms with Crippen molar-refractivity contribution in [2.75, 3.05) is 19.8 Å². The molecule has 0 radical (unpaired) electrons. The number of carbonyl (C=O) groups is 2. The van der Waals surface area contributed by atoms with E-state index in [0.29, 0.717) is 43.3 Å². The van der Waals surface area contributed by atoms with Gasteiger partial charge in [-0.25, -0.2) is 4.79 Å². The summed E-state index contributed by atoms with van der Waals surface area (Å²) in [6.45, 7) is 1.45. The number of fused-ring (bicyclic) bond motifs is 1. The molecule has 3 fully saturated rings. The molecule has 2 saturated heterocycles. The lowest BCUT2D eigenvalue weighted by atomic mass is 10.0. The molecule has 1 aromatic heterocycles. The second-order valence-corrected chi connectivity index (χ2v) is 9.33. The largest absolute Gasteiger partial charge is 0.490 e. The van der Waals surface area contributed by atoms with E-state index in [9.17, 15) is 14.7 Å². The number of ether oxygens (including phenoxy) is 2. The molecule has 2 amide bonds. The highest BCUT2D eigenvalue weighted by Gasteiger charge is 2.42. The number of nitrogens with one attached hydrogen (secondary N) is 1. The number of halogens is 1. The van der Waals surface area contributed by atoms with Gasteiger partial charge in [-0.3, -0.25) is 9.78 Å². The van der Waals surface area contributed by atoms with E-state index in [4.69, 9.17) is 21.1 Å². The van der Waals surface area contributed by atoms with Gasteiger partial charge in [-0.15, -0.1) is 0 Å². The van der Waals surface area contributed by atoms with Gasteiger partial charge in [-0.05, 0) is 36.0 Å². The Morgan fingerprint density at radius 2 is 2.12 bits per heavy atom. The van der Waals surface area contributed by atoms with Gasteiger partial charge in [-0.2, -0.15) is 0 Å². The number of cyclic esters (lactones) is 1. The summed E-state index contributed by atoms with van der Waals surface area (Å²) >= 11 is 5.92. The molecule has 0 bridgehead atoms. The van der Waals surface area contributed by atoms with Crippen molar-refractivity contribution in [2.45, 2.75) is 43.9 Å². The van der Waals surface area contributed by atoms with Crippen LogP contribution in [0.5, 0.6) is 5.75 Å². The molecule has 33 heavy (non-hydrogen) atoms. The molecule has 3 aliphatic rings. The van der Waals surface area contributed by atoms with E-state index in [1.54, 1.807) is 29.3 Å². The molecule has 2 aliphatic heterocycles. The minimum atomic E-state index is -0.291. The first kappa shape index (κ1) is 22.0. The number of carbonyl (C=O) groups excluding carboxylic acids is 2. The van der Waals surface area contributed by atoms with E-state index in [2.05, 4.69) is 10.3 Å². The summed E-state index contributed by atoms with van der Waals surface area (Å²) in [7, 11) is 0. The van der Waals surface area contributed by atoms with Crippen molar-refractivity contribution in [2.24, 2.45) is 5.92 Å². The average Bonchev–Trinajstić information content (AvgIpc) is 3.53. The van der Waals surface area contributed by atoms with Crippen LogP contribution in [0.15, 0.2) is 36.5 Å². The zero-order valence-electron chi connectivity index (χ0n) is 18.1. The molecular formula is C24H26ClN3O5. The minimum Gasteiger partial charge on any atom is -0.490 e. The smallest absolute Gasteiger partial charge is 0.410 e. The van der Waals surface area contributed by atoms with Crippen LogP contribution in [0.4, 0.5) is 4.79 Å². The Hall–Kier alpha value is -2.84. The van der Waals surface area contributed by atoms with Crippen LogP contribution in [-0.4, -0.2) is 58.9 Å². The SMILES string of the molecule is O=C(NCc1ccc(Cl)cc1)c1cc(O[C@H]2CCN3C(=O)OC[C@@H]3C2)c(C2CC2CO)cn1. The second-order valence-electron chi connectivity index (χ2n) is 8.89. The maximum Gasteiger partial charge on any atom is 0.410 e. The minimum absolute atomic E-state index is 0.0230. The van der Waals surface area contributed by atoms with Gasteiger partial charge in [0.2, 0.25) is 0 Å². The number of amides is 2. The van der Waals surface area contributed by atoms with Gasteiger partial charge in [0.1, 0.15) is 24.2 Å². The molecule has 9 heteroatoms. The molecule has 2 aromatic rings.